The number of amides is 4. The van der Waals surface area contributed by atoms with Crippen LogP contribution >= 0.6 is 0 Å². The van der Waals surface area contributed by atoms with Crippen molar-refractivity contribution < 1.29 is 28.7 Å². The first kappa shape index (κ1) is 18.3. The van der Waals surface area contributed by atoms with Crippen molar-refractivity contribution in [2.45, 2.75) is 12.0 Å². The second kappa shape index (κ2) is 7.37. The smallest absolute Gasteiger partial charge is 0.326 e. The third-order valence-electron chi connectivity index (χ3n) is 4.30. The van der Waals surface area contributed by atoms with Crippen LogP contribution in [0.15, 0.2) is 24.3 Å². The van der Waals surface area contributed by atoms with Gasteiger partial charge < -0.3 is 20.1 Å². The fourth-order valence-corrected chi connectivity index (χ4v) is 3.04. The summed E-state index contributed by atoms with van der Waals surface area (Å²) in [5.74, 6) is 0.699. The van der Waals surface area contributed by atoms with Gasteiger partial charge in [-0.3, -0.25) is 19.3 Å². The van der Waals surface area contributed by atoms with Crippen LogP contribution in [0.2, 0.25) is 0 Å². The number of para-hydroxylation sites is 1. The molecule has 2 aliphatic heterocycles. The second-order valence-electron chi connectivity index (χ2n) is 5.96. The lowest BCUT2D eigenvalue weighted by atomic mass is 9.84. The van der Waals surface area contributed by atoms with Gasteiger partial charge in [0.15, 0.2) is 12.1 Å². The Balaban J connectivity index is 1.68. The molecule has 2 N–H and O–H groups in total. The summed E-state index contributed by atoms with van der Waals surface area (Å²) in [6.07, 6.45) is 5.25. The Morgan fingerprint density at radius 2 is 2.15 bits per heavy atom. The van der Waals surface area contributed by atoms with Gasteiger partial charge in [-0.1, -0.05) is 24.1 Å². The van der Waals surface area contributed by atoms with Crippen LogP contribution in [-0.4, -0.2) is 55.0 Å². The molecule has 1 saturated heterocycles. The lowest BCUT2D eigenvalue weighted by Gasteiger charge is -2.33. The van der Waals surface area contributed by atoms with Crippen LogP contribution in [-0.2, 0) is 24.7 Å². The Morgan fingerprint density at radius 1 is 1.37 bits per heavy atom. The van der Waals surface area contributed by atoms with E-state index in [-0.39, 0.29) is 19.6 Å². The third kappa shape index (κ3) is 3.42. The van der Waals surface area contributed by atoms with E-state index in [9.17, 15) is 19.2 Å². The number of fused-ring (bicyclic) bond motifs is 2. The molecule has 1 spiro atoms. The van der Waals surface area contributed by atoms with Crippen molar-refractivity contribution in [1.29, 1.82) is 0 Å². The van der Waals surface area contributed by atoms with Crippen LogP contribution < -0.4 is 15.4 Å². The minimum atomic E-state index is -1.27. The van der Waals surface area contributed by atoms with E-state index in [1.165, 1.54) is 0 Å². The monoisotopic (exact) mass is 371 g/mol. The highest BCUT2D eigenvalue weighted by molar-refractivity contribution is 6.09. The molecule has 9 heteroatoms. The molecule has 0 aromatic heterocycles. The molecule has 0 unspecified atom stereocenters. The van der Waals surface area contributed by atoms with Gasteiger partial charge in [0.05, 0.1) is 13.2 Å². The third-order valence-corrected chi connectivity index (χ3v) is 4.30. The van der Waals surface area contributed by atoms with Gasteiger partial charge in [0.1, 0.15) is 12.3 Å². The van der Waals surface area contributed by atoms with Gasteiger partial charge in [-0.2, -0.15) is 0 Å². The molecule has 1 aromatic rings. The van der Waals surface area contributed by atoms with Crippen molar-refractivity contribution in [2.75, 3.05) is 26.3 Å². The summed E-state index contributed by atoms with van der Waals surface area (Å²) < 4.78 is 10.3. The number of esters is 1. The Morgan fingerprint density at radius 3 is 2.93 bits per heavy atom. The minimum Gasteiger partial charge on any atom is -0.493 e. The first-order valence-corrected chi connectivity index (χ1v) is 8.20. The number of carbonyl (C=O) groups excluding carboxylic acids is 4. The SMILES string of the molecule is C#CCNC(=O)COC(=O)CN1C(=O)N[C@@]2(CCOc3ccccc32)C1=O. The molecule has 3 rings (SSSR count). The molecule has 1 atom stereocenters. The van der Waals surface area contributed by atoms with Crippen LogP contribution in [0.5, 0.6) is 5.75 Å². The van der Waals surface area contributed by atoms with E-state index in [4.69, 9.17) is 15.9 Å². The topological polar surface area (TPSA) is 114 Å². The average molecular weight is 371 g/mol. The van der Waals surface area contributed by atoms with E-state index >= 15 is 0 Å². The van der Waals surface area contributed by atoms with Gasteiger partial charge in [0.25, 0.3) is 11.8 Å². The lowest BCUT2D eigenvalue weighted by molar-refractivity contribution is -0.151. The van der Waals surface area contributed by atoms with Crippen LogP contribution in [0.3, 0.4) is 0 Å². The maximum absolute atomic E-state index is 12.9. The van der Waals surface area contributed by atoms with E-state index in [2.05, 4.69) is 16.6 Å². The number of benzene rings is 1. The summed E-state index contributed by atoms with van der Waals surface area (Å²) in [7, 11) is 0. The van der Waals surface area contributed by atoms with Gasteiger partial charge in [-0.05, 0) is 6.07 Å². The zero-order chi connectivity index (χ0) is 19.4. The Hall–Kier alpha value is -3.54. The number of ether oxygens (including phenoxy) is 2. The predicted octanol–water partition coefficient (Wildman–Crippen LogP) is -0.491. The fraction of sp³-hybridized carbons (Fsp3) is 0.333. The molecule has 2 heterocycles. The summed E-state index contributed by atoms with van der Waals surface area (Å²) in [6.45, 7) is -0.895. The van der Waals surface area contributed by atoms with Crippen molar-refractivity contribution in [3.63, 3.8) is 0 Å². The van der Waals surface area contributed by atoms with Crippen molar-refractivity contribution in [2.24, 2.45) is 0 Å². The number of hydrogen-bond acceptors (Lipinski definition) is 6. The number of hydrogen-bond donors (Lipinski definition) is 2. The molecular formula is C18H17N3O6. The van der Waals surface area contributed by atoms with Gasteiger partial charge >= 0.3 is 12.0 Å². The van der Waals surface area contributed by atoms with E-state index < -0.39 is 42.5 Å². The minimum absolute atomic E-state index is 0.00734. The number of rotatable bonds is 5. The molecule has 9 nitrogen and oxygen atoms in total. The molecule has 1 aromatic carbocycles. The van der Waals surface area contributed by atoms with Gasteiger partial charge in [-0.15, -0.1) is 6.42 Å². The normalized spacial score (nSPS) is 20.3. The van der Waals surface area contributed by atoms with Crippen LogP contribution in [0.4, 0.5) is 4.79 Å². The highest BCUT2D eigenvalue weighted by Crippen LogP contribution is 2.40. The molecule has 0 bridgehead atoms. The Kier molecular flexibility index (Phi) is 4.98. The fourth-order valence-electron chi connectivity index (χ4n) is 3.04. The average Bonchev–Trinajstić information content (AvgIpc) is 2.90. The lowest BCUT2D eigenvalue weighted by Crippen LogP contribution is -2.47. The van der Waals surface area contributed by atoms with E-state index in [0.29, 0.717) is 11.3 Å². The molecule has 1 fully saturated rings. The van der Waals surface area contributed by atoms with Crippen LogP contribution in [0, 0.1) is 12.3 Å². The molecule has 140 valence electrons. The standard InChI is InChI=1S/C18H17N3O6/c1-2-8-19-14(22)11-27-15(23)10-21-16(24)18(20-17(21)25)7-9-26-13-6-4-3-5-12(13)18/h1,3-6H,7-11H2,(H,19,22)(H,20,25)/t18-/m1/s1. The van der Waals surface area contributed by atoms with Crippen molar-refractivity contribution in [1.82, 2.24) is 15.5 Å². The predicted molar refractivity (Wildman–Crippen MR) is 91.3 cm³/mol. The first-order valence-electron chi connectivity index (χ1n) is 8.20. The van der Waals surface area contributed by atoms with Crippen LogP contribution in [0.1, 0.15) is 12.0 Å². The van der Waals surface area contributed by atoms with Crippen LogP contribution in [0.25, 0.3) is 0 Å². The molecule has 0 saturated carbocycles. The number of nitrogens with one attached hydrogen (secondary N) is 2. The summed E-state index contributed by atoms with van der Waals surface area (Å²) in [4.78, 5) is 49.4. The molecule has 0 radical (unpaired) electrons. The first-order chi connectivity index (χ1) is 13.0. The molecule has 4 amide bonds. The van der Waals surface area contributed by atoms with Gasteiger partial charge in [-0.25, -0.2) is 4.79 Å². The highest BCUT2D eigenvalue weighted by Gasteiger charge is 2.55. The Labute approximate surface area is 155 Å². The van der Waals surface area contributed by atoms with E-state index in [0.717, 1.165) is 4.90 Å². The number of carbonyl (C=O) groups is 4. The number of urea groups is 1. The summed E-state index contributed by atoms with van der Waals surface area (Å²) in [5, 5.41) is 5.00. The quantitative estimate of drug-likeness (QED) is 0.410. The molecule has 2 aliphatic rings. The molecule has 27 heavy (non-hydrogen) atoms. The zero-order valence-electron chi connectivity index (χ0n) is 14.3. The number of imide groups is 1. The van der Waals surface area contributed by atoms with E-state index in [1.807, 2.05) is 0 Å². The molecule has 0 aliphatic carbocycles. The molecular weight excluding hydrogens is 354 g/mol. The number of nitrogens with zero attached hydrogens (tertiary/aromatic N) is 1. The van der Waals surface area contributed by atoms with Crippen molar-refractivity contribution in [3.8, 4) is 18.1 Å². The summed E-state index contributed by atoms with van der Waals surface area (Å²) in [5.41, 5.74) is -0.727. The van der Waals surface area contributed by atoms with Crippen molar-refractivity contribution >= 4 is 23.8 Å². The van der Waals surface area contributed by atoms with Gasteiger partial charge in [0, 0.05) is 12.0 Å². The maximum atomic E-state index is 12.9. The number of terminal acetylenes is 1. The second-order valence-corrected chi connectivity index (χ2v) is 5.96. The maximum Gasteiger partial charge on any atom is 0.326 e. The Bertz CT molecular complexity index is 846. The van der Waals surface area contributed by atoms with E-state index in [1.54, 1.807) is 24.3 Å². The van der Waals surface area contributed by atoms with Crippen molar-refractivity contribution in [3.05, 3.63) is 29.8 Å². The van der Waals surface area contributed by atoms with Gasteiger partial charge in [0.2, 0.25) is 0 Å². The summed E-state index contributed by atoms with van der Waals surface area (Å²) in [6, 6.07) is 6.21. The summed E-state index contributed by atoms with van der Waals surface area (Å²) >= 11 is 0. The highest BCUT2D eigenvalue weighted by atomic mass is 16.5. The zero-order valence-corrected chi connectivity index (χ0v) is 14.3. The largest absolute Gasteiger partial charge is 0.493 e.